The molecular formula is C19H20N4+2. The van der Waals surface area contributed by atoms with Gasteiger partial charge in [-0.25, -0.2) is 9.88 Å². The number of nitrogens with zero attached hydrogens (tertiary/aromatic N) is 1. The van der Waals surface area contributed by atoms with E-state index in [2.05, 4.69) is 68.7 Å². The number of fused-ring (bicyclic) bond motifs is 5. The minimum Gasteiger partial charge on any atom is -0.354 e. The van der Waals surface area contributed by atoms with Gasteiger partial charge in [-0.15, -0.1) is 0 Å². The molecule has 2 aromatic heterocycles. The van der Waals surface area contributed by atoms with Gasteiger partial charge >= 0.3 is 0 Å². The molecule has 0 spiro atoms. The van der Waals surface area contributed by atoms with Gasteiger partial charge in [-0.3, -0.25) is 0 Å². The fourth-order valence-corrected chi connectivity index (χ4v) is 3.80. The molecule has 0 unspecified atom stereocenters. The molecule has 4 aromatic rings. The van der Waals surface area contributed by atoms with Crippen molar-refractivity contribution in [2.75, 3.05) is 31.1 Å². The number of nitrogens with one attached hydrogen (secondary N) is 2. The lowest BCUT2D eigenvalue weighted by Gasteiger charge is -2.20. The van der Waals surface area contributed by atoms with Crippen LogP contribution in [0.3, 0.4) is 0 Å². The van der Waals surface area contributed by atoms with Crippen molar-refractivity contribution in [3.63, 3.8) is 0 Å². The number of H-pyrrole nitrogens is 2. The van der Waals surface area contributed by atoms with Gasteiger partial charge in [0, 0.05) is 16.3 Å². The van der Waals surface area contributed by atoms with Gasteiger partial charge in [0.05, 0.1) is 10.9 Å². The van der Waals surface area contributed by atoms with Crippen molar-refractivity contribution >= 4 is 38.5 Å². The lowest BCUT2D eigenvalue weighted by Crippen LogP contribution is -2.90. The number of quaternary nitrogens is 1. The van der Waals surface area contributed by atoms with Crippen molar-refractivity contribution in [2.45, 2.75) is 0 Å². The first-order valence-electron chi connectivity index (χ1n) is 8.33. The summed E-state index contributed by atoms with van der Waals surface area (Å²) in [5.74, 6) is 1.25. The van der Waals surface area contributed by atoms with Gasteiger partial charge in [0.25, 0.3) is 5.82 Å². The number of piperazine rings is 1. The number of aromatic amines is 2. The highest BCUT2D eigenvalue weighted by Gasteiger charge is 2.26. The van der Waals surface area contributed by atoms with E-state index in [1.54, 1.807) is 0 Å². The lowest BCUT2D eigenvalue weighted by atomic mass is 10.1. The zero-order chi connectivity index (χ0) is 15.2. The molecule has 114 valence electrons. The molecular weight excluding hydrogens is 284 g/mol. The Morgan fingerprint density at radius 1 is 0.913 bits per heavy atom. The third-order valence-electron chi connectivity index (χ3n) is 4.91. The first kappa shape index (κ1) is 12.9. The van der Waals surface area contributed by atoms with E-state index in [0.29, 0.717) is 0 Å². The molecule has 5 rings (SSSR count). The van der Waals surface area contributed by atoms with Gasteiger partial charge in [-0.05, 0) is 18.2 Å². The number of nitrogens with two attached hydrogens (primary N) is 1. The molecule has 3 heterocycles. The molecule has 1 aliphatic rings. The summed E-state index contributed by atoms with van der Waals surface area (Å²) in [6.07, 6.45) is 0. The Hall–Kier alpha value is -2.59. The van der Waals surface area contributed by atoms with E-state index in [-0.39, 0.29) is 0 Å². The van der Waals surface area contributed by atoms with E-state index in [1.165, 1.54) is 38.5 Å². The van der Waals surface area contributed by atoms with Crippen molar-refractivity contribution < 1.29 is 10.3 Å². The van der Waals surface area contributed by atoms with Crippen LogP contribution in [0.5, 0.6) is 0 Å². The Balaban J connectivity index is 1.93. The highest BCUT2D eigenvalue weighted by Crippen LogP contribution is 2.34. The number of hydrogen-bond donors (Lipinski definition) is 2. The Bertz CT molecular complexity index is 1010. The molecule has 0 atom stereocenters. The number of hydrogen-bond acceptors (Lipinski definition) is 1. The predicted octanol–water partition coefficient (Wildman–Crippen LogP) is 1.67. The molecule has 4 N–H and O–H groups in total. The monoisotopic (exact) mass is 304 g/mol. The van der Waals surface area contributed by atoms with Crippen LogP contribution in [-0.4, -0.2) is 31.2 Å². The standard InChI is InChI=1S/C19H18N4/c1-3-7-15-13(5-1)17-18(21-15)14-6-2-4-8-16(14)22-19(17)23-11-9-20-10-12-23/h1-8,20-21H,9-12H2/p+2. The number of benzene rings is 2. The van der Waals surface area contributed by atoms with Crippen LogP contribution in [-0.2, 0) is 0 Å². The predicted molar refractivity (Wildman–Crippen MR) is 93.7 cm³/mol. The summed E-state index contributed by atoms with van der Waals surface area (Å²) >= 11 is 0. The summed E-state index contributed by atoms with van der Waals surface area (Å²) in [4.78, 5) is 9.85. The van der Waals surface area contributed by atoms with E-state index >= 15 is 0 Å². The quantitative estimate of drug-likeness (QED) is 0.552. The van der Waals surface area contributed by atoms with Crippen LogP contribution < -0.4 is 15.2 Å². The molecule has 4 heteroatoms. The molecule has 1 saturated heterocycles. The summed E-state index contributed by atoms with van der Waals surface area (Å²) in [6, 6.07) is 17.2. The molecule has 2 aromatic carbocycles. The highest BCUT2D eigenvalue weighted by molar-refractivity contribution is 6.19. The minimum absolute atomic E-state index is 1.09. The second kappa shape index (κ2) is 4.96. The van der Waals surface area contributed by atoms with Crippen LogP contribution in [0.2, 0.25) is 0 Å². The Labute approximate surface area is 134 Å². The van der Waals surface area contributed by atoms with Gasteiger partial charge < -0.3 is 10.3 Å². The third-order valence-corrected chi connectivity index (χ3v) is 4.91. The fraction of sp³-hybridized carbons (Fsp3) is 0.211. The maximum atomic E-state index is 3.71. The number of anilines is 1. The number of aromatic nitrogens is 2. The highest BCUT2D eigenvalue weighted by atomic mass is 15.2. The Morgan fingerprint density at radius 2 is 1.65 bits per heavy atom. The lowest BCUT2D eigenvalue weighted by molar-refractivity contribution is -0.656. The Kier molecular flexibility index (Phi) is 2.78. The summed E-state index contributed by atoms with van der Waals surface area (Å²) < 4.78 is 0. The van der Waals surface area contributed by atoms with Gasteiger partial charge in [0.15, 0.2) is 0 Å². The van der Waals surface area contributed by atoms with Crippen LogP contribution in [0.4, 0.5) is 5.82 Å². The molecule has 0 saturated carbocycles. The second-order valence-electron chi connectivity index (χ2n) is 6.29. The second-order valence-corrected chi connectivity index (χ2v) is 6.29. The summed E-state index contributed by atoms with van der Waals surface area (Å²) in [7, 11) is 0. The third kappa shape index (κ3) is 1.92. The summed E-state index contributed by atoms with van der Waals surface area (Å²) in [5, 5.41) is 6.27. The zero-order valence-electron chi connectivity index (χ0n) is 13.0. The summed E-state index contributed by atoms with van der Waals surface area (Å²) in [6.45, 7) is 4.49. The van der Waals surface area contributed by atoms with Crippen LogP contribution in [0.1, 0.15) is 0 Å². The average Bonchev–Trinajstić information content (AvgIpc) is 3.02. The van der Waals surface area contributed by atoms with Gasteiger partial charge in [-0.2, -0.15) is 0 Å². The normalized spacial score (nSPS) is 15.7. The van der Waals surface area contributed by atoms with E-state index < -0.39 is 0 Å². The van der Waals surface area contributed by atoms with E-state index in [9.17, 15) is 0 Å². The summed E-state index contributed by atoms with van der Waals surface area (Å²) in [5.41, 5.74) is 3.64. The SMILES string of the molecule is c1ccc2c(c1)[nH]c1c3ccccc3[nH+]c(N3CC[NH2+]CC3)c21. The topological polar surface area (TPSA) is 49.8 Å². The molecule has 23 heavy (non-hydrogen) atoms. The van der Waals surface area contributed by atoms with Gasteiger partial charge in [-0.1, -0.05) is 30.3 Å². The van der Waals surface area contributed by atoms with Crippen molar-refractivity contribution in [1.82, 2.24) is 4.98 Å². The molecule has 4 nitrogen and oxygen atoms in total. The smallest absolute Gasteiger partial charge is 0.285 e. The molecule has 0 bridgehead atoms. The Morgan fingerprint density at radius 3 is 2.52 bits per heavy atom. The fourth-order valence-electron chi connectivity index (χ4n) is 3.80. The van der Waals surface area contributed by atoms with E-state index in [0.717, 1.165) is 26.2 Å². The van der Waals surface area contributed by atoms with Crippen LogP contribution in [0.25, 0.3) is 32.7 Å². The van der Waals surface area contributed by atoms with Crippen molar-refractivity contribution in [3.8, 4) is 0 Å². The van der Waals surface area contributed by atoms with Crippen LogP contribution in [0.15, 0.2) is 48.5 Å². The van der Waals surface area contributed by atoms with Crippen molar-refractivity contribution in [3.05, 3.63) is 48.5 Å². The number of rotatable bonds is 1. The molecule has 0 aliphatic carbocycles. The maximum Gasteiger partial charge on any atom is 0.285 e. The van der Waals surface area contributed by atoms with Crippen LogP contribution >= 0.6 is 0 Å². The number of pyridine rings is 1. The maximum absolute atomic E-state index is 3.71. The van der Waals surface area contributed by atoms with Crippen molar-refractivity contribution in [1.29, 1.82) is 0 Å². The first-order valence-corrected chi connectivity index (χ1v) is 8.33. The average molecular weight is 304 g/mol. The van der Waals surface area contributed by atoms with Gasteiger partial charge in [0.2, 0.25) is 0 Å². The first-order chi connectivity index (χ1) is 11.4. The van der Waals surface area contributed by atoms with Crippen molar-refractivity contribution in [2.24, 2.45) is 0 Å². The van der Waals surface area contributed by atoms with Gasteiger partial charge in [0.1, 0.15) is 31.7 Å². The molecule has 0 radical (unpaired) electrons. The largest absolute Gasteiger partial charge is 0.354 e. The van der Waals surface area contributed by atoms with E-state index in [1.807, 2.05) is 0 Å². The molecule has 0 amide bonds. The zero-order valence-corrected chi connectivity index (χ0v) is 13.0. The van der Waals surface area contributed by atoms with E-state index in [4.69, 9.17) is 0 Å². The minimum atomic E-state index is 1.09. The number of para-hydroxylation sites is 2. The molecule has 1 aliphatic heterocycles. The van der Waals surface area contributed by atoms with Crippen LogP contribution in [0, 0.1) is 0 Å². The molecule has 1 fully saturated rings.